The molecule has 1 aliphatic rings. The van der Waals surface area contributed by atoms with Crippen molar-refractivity contribution < 1.29 is 14.6 Å². The van der Waals surface area contributed by atoms with Gasteiger partial charge >= 0.3 is 0 Å². The number of rotatable bonds is 5. The average molecular weight is 346 g/mol. The van der Waals surface area contributed by atoms with Gasteiger partial charge in [0.1, 0.15) is 5.75 Å². The monoisotopic (exact) mass is 345 g/mol. The van der Waals surface area contributed by atoms with Crippen LogP contribution in [0.2, 0.25) is 5.02 Å². The molecule has 1 heterocycles. The van der Waals surface area contributed by atoms with Crippen LogP contribution in [0.25, 0.3) is 0 Å². The van der Waals surface area contributed by atoms with Gasteiger partial charge in [-0.15, -0.1) is 0 Å². The summed E-state index contributed by atoms with van der Waals surface area (Å²) in [5.74, 6) is -0.523. The Morgan fingerprint density at radius 2 is 2.09 bits per heavy atom. The molecule has 1 aliphatic heterocycles. The molecular weight excluding hydrogens is 332 g/mol. The fourth-order valence-electron chi connectivity index (χ4n) is 2.41. The summed E-state index contributed by atoms with van der Waals surface area (Å²) >= 11 is 7.97. The molecule has 0 amide bonds. The first kappa shape index (κ1) is 16.0. The maximum atomic E-state index is 10.7. The van der Waals surface area contributed by atoms with E-state index < -0.39 is 5.97 Å². The average Bonchev–Trinajstić information content (AvgIpc) is 2.55. The summed E-state index contributed by atoms with van der Waals surface area (Å²) in [7, 11) is 0. The van der Waals surface area contributed by atoms with Crippen molar-refractivity contribution in [3.63, 3.8) is 0 Å². The van der Waals surface area contributed by atoms with E-state index in [2.05, 4.69) is 18.7 Å². The number of hydrogen-bond acceptors (Lipinski definition) is 4. The van der Waals surface area contributed by atoms with Crippen molar-refractivity contribution in [1.82, 2.24) is 0 Å². The maximum Gasteiger partial charge on any atom is 0.133 e. The maximum absolute atomic E-state index is 10.7. The van der Waals surface area contributed by atoms with E-state index in [0.717, 1.165) is 22.6 Å². The van der Waals surface area contributed by atoms with Gasteiger partial charge in [0.15, 0.2) is 0 Å². The Bertz CT molecular complexity index is 786. The third kappa shape index (κ3) is 3.38. The van der Waals surface area contributed by atoms with E-state index in [1.165, 1.54) is 10.5 Å². The summed E-state index contributed by atoms with van der Waals surface area (Å²) in [4.78, 5) is 12.9. The summed E-state index contributed by atoms with van der Waals surface area (Å²) in [5, 5.41) is 11.4. The Balaban J connectivity index is 1.82. The van der Waals surface area contributed by atoms with Gasteiger partial charge in [0, 0.05) is 22.8 Å². The first-order chi connectivity index (χ1) is 11.1. The van der Waals surface area contributed by atoms with Gasteiger partial charge in [-0.05, 0) is 34.9 Å². The second kappa shape index (κ2) is 6.69. The van der Waals surface area contributed by atoms with E-state index in [-0.39, 0.29) is 18.6 Å². The van der Waals surface area contributed by atoms with Crippen molar-refractivity contribution in [1.29, 1.82) is 0 Å². The smallest absolute Gasteiger partial charge is 0.133 e. The van der Waals surface area contributed by atoms with Crippen LogP contribution in [0.3, 0.4) is 0 Å². The molecule has 0 radical (unpaired) electrons. The molecule has 0 fully saturated rings. The number of ether oxygens (including phenoxy) is 1. The Morgan fingerprint density at radius 3 is 2.87 bits per heavy atom. The predicted octanol–water partition coefficient (Wildman–Crippen LogP) is 3.47. The SMILES string of the molecule is C=C(CCOc1ccc(Cl)c2c1Sc1ccccc1C2)C(=O)[O-]. The van der Waals surface area contributed by atoms with Crippen LogP contribution in [0.5, 0.6) is 5.75 Å². The van der Waals surface area contributed by atoms with Crippen LogP contribution in [0.4, 0.5) is 0 Å². The topological polar surface area (TPSA) is 49.4 Å². The molecule has 0 spiro atoms. The van der Waals surface area contributed by atoms with Crippen LogP contribution in [0.1, 0.15) is 17.5 Å². The molecule has 0 saturated heterocycles. The van der Waals surface area contributed by atoms with Gasteiger partial charge in [0.25, 0.3) is 0 Å². The number of aliphatic carboxylic acids is 1. The van der Waals surface area contributed by atoms with Gasteiger partial charge in [0.2, 0.25) is 0 Å². The van der Waals surface area contributed by atoms with Crippen LogP contribution in [-0.2, 0) is 11.2 Å². The minimum absolute atomic E-state index is 0.0332. The Morgan fingerprint density at radius 1 is 1.30 bits per heavy atom. The van der Waals surface area contributed by atoms with E-state index in [1.807, 2.05) is 24.3 Å². The number of carboxylic acid groups (broad SMARTS) is 1. The molecule has 0 unspecified atom stereocenters. The molecule has 2 aromatic rings. The first-order valence-electron chi connectivity index (χ1n) is 7.15. The zero-order valence-corrected chi connectivity index (χ0v) is 13.9. The van der Waals surface area contributed by atoms with Crippen LogP contribution in [-0.4, -0.2) is 12.6 Å². The molecule has 0 atom stereocenters. The number of carboxylic acids is 1. The second-order valence-electron chi connectivity index (χ2n) is 5.23. The highest BCUT2D eigenvalue weighted by atomic mass is 35.5. The molecule has 0 bridgehead atoms. The van der Waals surface area contributed by atoms with Gasteiger partial charge in [-0.1, -0.05) is 48.1 Å². The second-order valence-corrected chi connectivity index (χ2v) is 6.69. The molecule has 0 aromatic heterocycles. The van der Waals surface area contributed by atoms with Crippen molar-refractivity contribution in [2.75, 3.05) is 6.61 Å². The number of hydrogen-bond donors (Lipinski definition) is 0. The standard InChI is InChI=1S/C18H15ClO3S/c1-11(18(20)21)8-9-22-15-7-6-14(19)13-10-12-4-2-3-5-16(12)23-17(13)15/h2-7H,1,8-10H2,(H,20,21)/p-1. The summed E-state index contributed by atoms with van der Waals surface area (Å²) in [6, 6.07) is 11.8. The fourth-order valence-corrected chi connectivity index (χ4v) is 3.86. The predicted molar refractivity (Wildman–Crippen MR) is 89.1 cm³/mol. The lowest BCUT2D eigenvalue weighted by Crippen LogP contribution is -2.24. The van der Waals surface area contributed by atoms with Crippen molar-refractivity contribution in [3.8, 4) is 5.75 Å². The molecule has 0 saturated carbocycles. The Hall–Kier alpha value is -1.91. The minimum Gasteiger partial charge on any atom is -0.545 e. The minimum atomic E-state index is -1.24. The molecular formula is C18H14ClO3S-. The zero-order valence-electron chi connectivity index (χ0n) is 12.3. The fraction of sp³-hybridized carbons (Fsp3) is 0.167. The number of benzene rings is 2. The van der Waals surface area contributed by atoms with E-state index in [9.17, 15) is 9.90 Å². The van der Waals surface area contributed by atoms with Gasteiger partial charge in [-0.3, -0.25) is 0 Å². The van der Waals surface area contributed by atoms with Crippen LogP contribution in [0.15, 0.2) is 58.3 Å². The van der Waals surface area contributed by atoms with Crippen molar-refractivity contribution in [2.45, 2.75) is 22.6 Å². The number of fused-ring (bicyclic) bond motifs is 2. The van der Waals surface area contributed by atoms with Crippen LogP contribution < -0.4 is 9.84 Å². The largest absolute Gasteiger partial charge is 0.545 e. The van der Waals surface area contributed by atoms with Gasteiger partial charge in [0.05, 0.1) is 17.5 Å². The summed E-state index contributed by atoms with van der Waals surface area (Å²) < 4.78 is 5.76. The van der Waals surface area contributed by atoms with Gasteiger partial charge < -0.3 is 14.6 Å². The highest BCUT2D eigenvalue weighted by molar-refractivity contribution is 7.99. The van der Waals surface area contributed by atoms with Crippen LogP contribution >= 0.6 is 23.4 Å². The molecule has 3 rings (SSSR count). The van der Waals surface area contributed by atoms with Crippen LogP contribution in [0, 0.1) is 0 Å². The molecule has 118 valence electrons. The quantitative estimate of drug-likeness (QED) is 0.664. The van der Waals surface area contributed by atoms with E-state index in [4.69, 9.17) is 16.3 Å². The highest BCUT2D eigenvalue weighted by Crippen LogP contribution is 2.46. The lowest BCUT2D eigenvalue weighted by molar-refractivity contribution is -0.299. The molecule has 2 aromatic carbocycles. The molecule has 0 N–H and O–H groups in total. The third-order valence-corrected chi connectivity index (χ3v) is 5.29. The van der Waals surface area contributed by atoms with Crippen molar-refractivity contribution in [3.05, 3.63) is 64.7 Å². The Labute approximate surface area is 143 Å². The molecule has 3 nitrogen and oxygen atoms in total. The number of halogens is 1. The molecule has 0 aliphatic carbocycles. The number of carbonyl (C=O) groups is 1. The van der Waals surface area contributed by atoms with E-state index in [1.54, 1.807) is 11.8 Å². The summed E-state index contributed by atoms with van der Waals surface area (Å²) in [5.41, 5.74) is 2.33. The highest BCUT2D eigenvalue weighted by Gasteiger charge is 2.22. The summed E-state index contributed by atoms with van der Waals surface area (Å²) in [6.07, 6.45) is 0.987. The van der Waals surface area contributed by atoms with E-state index >= 15 is 0 Å². The van der Waals surface area contributed by atoms with E-state index in [0.29, 0.717) is 5.02 Å². The first-order valence-corrected chi connectivity index (χ1v) is 8.34. The number of carbonyl (C=O) groups excluding carboxylic acids is 1. The third-order valence-electron chi connectivity index (χ3n) is 3.67. The lowest BCUT2D eigenvalue weighted by Gasteiger charge is -2.22. The summed E-state index contributed by atoms with van der Waals surface area (Å²) in [6.45, 7) is 3.69. The normalized spacial score (nSPS) is 12.2. The molecule has 5 heteroatoms. The zero-order chi connectivity index (χ0) is 16.4. The van der Waals surface area contributed by atoms with Gasteiger partial charge in [-0.25, -0.2) is 0 Å². The van der Waals surface area contributed by atoms with Crippen molar-refractivity contribution >= 4 is 29.3 Å². The lowest BCUT2D eigenvalue weighted by atomic mass is 10.0. The van der Waals surface area contributed by atoms with Gasteiger partial charge in [-0.2, -0.15) is 0 Å². The Kier molecular flexibility index (Phi) is 4.64. The molecule has 23 heavy (non-hydrogen) atoms. The van der Waals surface area contributed by atoms with Crippen molar-refractivity contribution in [2.24, 2.45) is 0 Å².